The number of benzene rings is 2. The van der Waals surface area contributed by atoms with Crippen molar-refractivity contribution in [3.8, 4) is 0 Å². The van der Waals surface area contributed by atoms with Gasteiger partial charge in [-0.15, -0.1) is 0 Å². The zero-order valence-electron chi connectivity index (χ0n) is 18.9. The van der Waals surface area contributed by atoms with Gasteiger partial charge in [0, 0.05) is 19.6 Å². The molecule has 1 saturated heterocycles. The van der Waals surface area contributed by atoms with Crippen molar-refractivity contribution < 1.29 is 9.59 Å². The van der Waals surface area contributed by atoms with Gasteiger partial charge in [-0.2, -0.15) is 0 Å². The molecule has 2 amide bonds. The molecule has 1 fully saturated rings. The monoisotopic (exact) mass is 419 g/mol. The quantitative estimate of drug-likeness (QED) is 0.804. The molecule has 2 aromatic carbocycles. The Morgan fingerprint density at radius 2 is 1.81 bits per heavy atom. The maximum atomic E-state index is 13.4. The highest BCUT2D eigenvalue weighted by Crippen LogP contribution is 2.32. The summed E-state index contributed by atoms with van der Waals surface area (Å²) >= 11 is 0. The number of hydrogen-bond donors (Lipinski definition) is 1. The van der Waals surface area contributed by atoms with Crippen LogP contribution < -0.4 is 5.32 Å². The van der Waals surface area contributed by atoms with E-state index >= 15 is 0 Å². The average Bonchev–Trinajstić information content (AvgIpc) is 3.28. The van der Waals surface area contributed by atoms with Crippen molar-refractivity contribution in [3.63, 3.8) is 0 Å². The molecular formula is C26H33N3O2. The first-order valence-corrected chi connectivity index (χ1v) is 11.4. The number of likely N-dealkylation sites (tertiary alicyclic amines) is 1. The summed E-state index contributed by atoms with van der Waals surface area (Å²) in [5, 5.41) is 3.15. The lowest BCUT2D eigenvalue weighted by atomic mass is 9.91. The van der Waals surface area contributed by atoms with Gasteiger partial charge in [0.25, 0.3) is 0 Å². The molecule has 0 bridgehead atoms. The minimum absolute atomic E-state index is 0.0360. The van der Waals surface area contributed by atoms with Crippen molar-refractivity contribution in [2.75, 3.05) is 26.2 Å². The number of rotatable bonds is 5. The molecule has 5 heteroatoms. The summed E-state index contributed by atoms with van der Waals surface area (Å²) in [6, 6.07) is 14.1. The normalized spacial score (nSPS) is 19.7. The molecule has 0 unspecified atom stereocenters. The summed E-state index contributed by atoms with van der Waals surface area (Å²) < 4.78 is 0. The van der Waals surface area contributed by atoms with Crippen molar-refractivity contribution in [3.05, 3.63) is 70.3 Å². The van der Waals surface area contributed by atoms with E-state index in [0.717, 1.165) is 43.5 Å². The van der Waals surface area contributed by atoms with E-state index in [0.29, 0.717) is 6.54 Å². The van der Waals surface area contributed by atoms with Crippen molar-refractivity contribution in [2.45, 2.75) is 52.1 Å². The highest BCUT2D eigenvalue weighted by Gasteiger charge is 2.37. The number of nitrogens with one attached hydrogen (secondary N) is 1. The smallest absolute Gasteiger partial charge is 0.244 e. The van der Waals surface area contributed by atoms with Gasteiger partial charge in [0.05, 0.1) is 12.6 Å². The molecule has 0 radical (unpaired) electrons. The largest absolute Gasteiger partial charge is 0.348 e. The molecule has 1 N–H and O–H groups in total. The zero-order chi connectivity index (χ0) is 22.0. The summed E-state index contributed by atoms with van der Waals surface area (Å²) in [5.41, 5.74) is 5.81. The topological polar surface area (TPSA) is 52.7 Å². The van der Waals surface area contributed by atoms with E-state index in [1.165, 1.54) is 16.7 Å². The lowest BCUT2D eigenvalue weighted by Gasteiger charge is -2.38. The third kappa shape index (κ3) is 4.67. The molecule has 0 aromatic heterocycles. The molecule has 2 atom stereocenters. The fourth-order valence-corrected chi connectivity index (χ4v) is 5.05. The molecule has 2 aromatic rings. The molecule has 4 rings (SSSR count). The van der Waals surface area contributed by atoms with Gasteiger partial charge in [0.1, 0.15) is 6.04 Å². The Bertz CT molecular complexity index is 965. The number of fused-ring (bicyclic) bond motifs is 1. The van der Waals surface area contributed by atoms with Gasteiger partial charge in [-0.25, -0.2) is 0 Å². The molecular weight excluding hydrogens is 386 g/mol. The van der Waals surface area contributed by atoms with Crippen LogP contribution in [-0.2, 0) is 16.0 Å². The van der Waals surface area contributed by atoms with Crippen molar-refractivity contribution >= 4 is 11.8 Å². The fourth-order valence-electron chi connectivity index (χ4n) is 5.05. The molecule has 2 aliphatic heterocycles. The van der Waals surface area contributed by atoms with E-state index < -0.39 is 0 Å². The van der Waals surface area contributed by atoms with Gasteiger partial charge in [0.15, 0.2) is 0 Å². The first-order valence-electron chi connectivity index (χ1n) is 11.4. The first kappa shape index (κ1) is 21.6. The van der Waals surface area contributed by atoms with Crippen LogP contribution >= 0.6 is 0 Å². The fraction of sp³-hybridized carbons (Fsp3) is 0.462. The summed E-state index contributed by atoms with van der Waals surface area (Å²) in [6.45, 7) is 8.76. The van der Waals surface area contributed by atoms with Gasteiger partial charge in [0.2, 0.25) is 11.8 Å². The van der Waals surface area contributed by atoms with Crippen LogP contribution in [0.15, 0.2) is 42.5 Å². The van der Waals surface area contributed by atoms with Crippen LogP contribution in [0.5, 0.6) is 0 Å². The molecule has 5 nitrogen and oxygen atoms in total. The number of nitrogens with zero attached hydrogens (tertiary/aromatic N) is 2. The number of amides is 2. The minimum Gasteiger partial charge on any atom is -0.348 e. The summed E-state index contributed by atoms with van der Waals surface area (Å²) in [6.07, 6.45) is 2.99. The van der Waals surface area contributed by atoms with Crippen LogP contribution in [0.25, 0.3) is 0 Å². The molecule has 31 heavy (non-hydrogen) atoms. The second kappa shape index (κ2) is 9.23. The maximum absolute atomic E-state index is 13.4. The van der Waals surface area contributed by atoms with Gasteiger partial charge >= 0.3 is 0 Å². The number of carbonyl (C=O) groups excluding carboxylic acids is 2. The van der Waals surface area contributed by atoms with E-state index in [1.807, 2.05) is 24.0 Å². The van der Waals surface area contributed by atoms with E-state index in [4.69, 9.17) is 0 Å². The second-order valence-corrected chi connectivity index (χ2v) is 9.00. The molecule has 2 heterocycles. The Hall–Kier alpha value is -2.66. The van der Waals surface area contributed by atoms with Gasteiger partial charge in [-0.3, -0.25) is 14.5 Å². The van der Waals surface area contributed by atoms with Gasteiger partial charge < -0.3 is 10.2 Å². The predicted molar refractivity (Wildman–Crippen MR) is 123 cm³/mol. The van der Waals surface area contributed by atoms with E-state index in [9.17, 15) is 9.59 Å². The van der Waals surface area contributed by atoms with Crippen molar-refractivity contribution in [1.82, 2.24) is 15.1 Å². The van der Waals surface area contributed by atoms with Gasteiger partial charge in [-0.05, 0) is 62.3 Å². The highest BCUT2D eigenvalue weighted by molar-refractivity contribution is 5.86. The number of aryl methyl sites for hydroxylation is 2. The van der Waals surface area contributed by atoms with Gasteiger partial charge in [-0.1, -0.05) is 48.0 Å². The number of carbonyl (C=O) groups is 2. The minimum atomic E-state index is -0.370. The standard InChI is InChI=1S/C26H33N3O2/c1-18-10-11-22(19(2)16-18)20(3)27-24(30)17-29-15-12-21-8-4-5-9-23(21)25(29)26(31)28-13-6-7-14-28/h4-5,8-11,16,20,25H,6-7,12-15,17H2,1-3H3,(H,27,30)/t20-,25-/m1/s1. The molecule has 0 aliphatic carbocycles. The molecule has 2 aliphatic rings. The summed E-state index contributed by atoms with van der Waals surface area (Å²) in [4.78, 5) is 30.5. The Kier molecular flexibility index (Phi) is 6.42. The van der Waals surface area contributed by atoms with Crippen molar-refractivity contribution in [2.24, 2.45) is 0 Å². The van der Waals surface area contributed by atoms with Crippen LogP contribution in [0, 0.1) is 13.8 Å². The molecule has 0 saturated carbocycles. The van der Waals surface area contributed by atoms with Crippen molar-refractivity contribution in [1.29, 1.82) is 0 Å². The van der Waals surface area contributed by atoms with E-state index in [2.05, 4.69) is 54.4 Å². The van der Waals surface area contributed by atoms with Crippen LogP contribution in [0.3, 0.4) is 0 Å². The van der Waals surface area contributed by atoms with E-state index in [1.54, 1.807) is 0 Å². The predicted octanol–water partition coefficient (Wildman–Crippen LogP) is 3.70. The SMILES string of the molecule is Cc1ccc([C@@H](C)NC(=O)CN2CCc3ccccc3[C@@H]2C(=O)N2CCCC2)c(C)c1. The van der Waals surface area contributed by atoms with Crippen LogP contribution in [0.2, 0.25) is 0 Å². The van der Waals surface area contributed by atoms with Crippen LogP contribution in [0.4, 0.5) is 0 Å². The molecule has 164 valence electrons. The first-order chi connectivity index (χ1) is 14.9. The van der Waals surface area contributed by atoms with Crippen LogP contribution in [-0.4, -0.2) is 47.8 Å². The third-order valence-electron chi connectivity index (χ3n) is 6.65. The average molecular weight is 420 g/mol. The maximum Gasteiger partial charge on any atom is 0.244 e. The Balaban J connectivity index is 1.50. The second-order valence-electron chi connectivity index (χ2n) is 9.00. The lowest BCUT2D eigenvalue weighted by Crippen LogP contribution is -2.49. The summed E-state index contributed by atoms with van der Waals surface area (Å²) in [7, 11) is 0. The van der Waals surface area contributed by atoms with Crippen LogP contribution in [0.1, 0.15) is 59.7 Å². The zero-order valence-corrected chi connectivity index (χ0v) is 18.9. The third-order valence-corrected chi connectivity index (χ3v) is 6.65. The Morgan fingerprint density at radius 1 is 1.06 bits per heavy atom. The van der Waals surface area contributed by atoms with E-state index in [-0.39, 0.29) is 30.4 Å². The number of hydrogen-bond acceptors (Lipinski definition) is 3. The lowest BCUT2D eigenvalue weighted by molar-refractivity contribution is -0.137. The summed E-state index contributed by atoms with van der Waals surface area (Å²) in [5.74, 6) is 0.103. The Morgan fingerprint density at radius 3 is 2.55 bits per heavy atom. The Labute approximate surface area is 185 Å². The molecule has 0 spiro atoms. The highest BCUT2D eigenvalue weighted by atomic mass is 16.2.